The van der Waals surface area contributed by atoms with Crippen LogP contribution in [0.25, 0.3) is 0 Å². The topological polar surface area (TPSA) is 75.7 Å². The second-order valence-electron chi connectivity index (χ2n) is 7.32. The Balaban J connectivity index is 1.60. The van der Waals surface area contributed by atoms with Crippen LogP contribution >= 0.6 is 23.2 Å². The van der Waals surface area contributed by atoms with Crippen molar-refractivity contribution in [3.05, 3.63) is 57.6 Å². The lowest BCUT2D eigenvalue weighted by Gasteiger charge is -2.18. The van der Waals surface area contributed by atoms with Gasteiger partial charge in [-0.25, -0.2) is 0 Å². The number of hydrogen-bond donors (Lipinski definition) is 1. The quantitative estimate of drug-likeness (QED) is 0.607. The standard InChI is InChI=1S/C23H24Cl2N2O4/c1-3-14-6-5-7-15(4-2)22(14)26-20(28)13-31-23(30)16-10-21(29)27(12-16)19-11-17(24)8-9-18(19)25/h5-9,11,16H,3-4,10,12-13H2,1-2H3,(H,26,28)/t16-/m1/s1. The van der Waals surface area contributed by atoms with Crippen molar-refractivity contribution in [1.82, 2.24) is 0 Å². The van der Waals surface area contributed by atoms with E-state index in [-0.39, 0.29) is 18.9 Å². The number of carbonyl (C=O) groups excluding carboxylic acids is 3. The maximum atomic E-state index is 12.5. The SMILES string of the molecule is CCc1cccc(CC)c1NC(=O)COC(=O)[C@@H]1CC(=O)N(c2cc(Cl)ccc2Cl)C1. The van der Waals surface area contributed by atoms with Gasteiger partial charge in [0.1, 0.15) is 0 Å². The molecule has 0 aromatic heterocycles. The van der Waals surface area contributed by atoms with Crippen LogP contribution in [-0.2, 0) is 32.0 Å². The number of aryl methyl sites for hydroxylation is 2. The van der Waals surface area contributed by atoms with Crippen LogP contribution in [0.3, 0.4) is 0 Å². The molecular weight excluding hydrogens is 439 g/mol. The molecule has 1 saturated heterocycles. The van der Waals surface area contributed by atoms with Gasteiger partial charge in [-0.1, -0.05) is 55.2 Å². The molecule has 0 aliphatic carbocycles. The van der Waals surface area contributed by atoms with Crippen LogP contribution < -0.4 is 10.2 Å². The van der Waals surface area contributed by atoms with Crippen molar-refractivity contribution in [3.8, 4) is 0 Å². The fraction of sp³-hybridized carbons (Fsp3) is 0.348. The van der Waals surface area contributed by atoms with Crippen LogP contribution in [0.5, 0.6) is 0 Å². The minimum Gasteiger partial charge on any atom is -0.455 e. The Morgan fingerprint density at radius 1 is 1.13 bits per heavy atom. The zero-order valence-corrected chi connectivity index (χ0v) is 18.9. The monoisotopic (exact) mass is 462 g/mol. The summed E-state index contributed by atoms with van der Waals surface area (Å²) in [4.78, 5) is 38.7. The maximum Gasteiger partial charge on any atom is 0.311 e. The molecular formula is C23H24Cl2N2O4. The highest BCUT2D eigenvalue weighted by Gasteiger charge is 2.37. The molecule has 31 heavy (non-hydrogen) atoms. The molecule has 2 aromatic carbocycles. The highest BCUT2D eigenvalue weighted by Crippen LogP contribution is 2.33. The molecule has 2 aromatic rings. The van der Waals surface area contributed by atoms with E-state index in [1.807, 2.05) is 32.0 Å². The zero-order valence-electron chi connectivity index (χ0n) is 17.4. The second-order valence-corrected chi connectivity index (χ2v) is 8.16. The summed E-state index contributed by atoms with van der Waals surface area (Å²) in [6.07, 6.45) is 1.53. The van der Waals surface area contributed by atoms with Crippen LogP contribution in [0.4, 0.5) is 11.4 Å². The van der Waals surface area contributed by atoms with Gasteiger partial charge in [-0.3, -0.25) is 14.4 Å². The van der Waals surface area contributed by atoms with E-state index in [2.05, 4.69) is 5.32 Å². The van der Waals surface area contributed by atoms with Crippen LogP contribution in [0.15, 0.2) is 36.4 Å². The molecule has 1 heterocycles. The number of anilines is 2. The number of esters is 1. The molecule has 1 atom stereocenters. The van der Waals surface area contributed by atoms with Crippen molar-refractivity contribution in [2.75, 3.05) is 23.4 Å². The molecule has 2 amide bonds. The minimum atomic E-state index is -0.676. The van der Waals surface area contributed by atoms with Gasteiger partial charge in [-0.05, 0) is 42.2 Å². The van der Waals surface area contributed by atoms with E-state index in [1.54, 1.807) is 18.2 Å². The average Bonchev–Trinajstić information content (AvgIpc) is 3.15. The molecule has 0 spiro atoms. The summed E-state index contributed by atoms with van der Waals surface area (Å²) >= 11 is 12.2. The normalized spacial score (nSPS) is 15.8. The second kappa shape index (κ2) is 10.2. The Morgan fingerprint density at radius 3 is 2.45 bits per heavy atom. The van der Waals surface area contributed by atoms with Crippen LogP contribution in [0, 0.1) is 5.92 Å². The van der Waals surface area contributed by atoms with Gasteiger partial charge in [-0.2, -0.15) is 0 Å². The molecule has 1 N–H and O–H groups in total. The smallest absolute Gasteiger partial charge is 0.311 e. The van der Waals surface area contributed by atoms with Crippen molar-refractivity contribution < 1.29 is 19.1 Å². The largest absolute Gasteiger partial charge is 0.455 e. The van der Waals surface area contributed by atoms with Crippen LogP contribution in [0.2, 0.25) is 10.0 Å². The third-order valence-electron chi connectivity index (χ3n) is 5.27. The summed E-state index contributed by atoms with van der Waals surface area (Å²) in [6, 6.07) is 10.7. The molecule has 164 valence electrons. The molecule has 0 bridgehead atoms. The van der Waals surface area contributed by atoms with Crippen molar-refractivity contribution in [2.45, 2.75) is 33.1 Å². The third kappa shape index (κ3) is 5.38. The number of ether oxygens (including phenoxy) is 1. The van der Waals surface area contributed by atoms with Gasteiger partial charge in [0.05, 0.1) is 16.6 Å². The number of nitrogens with one attached hydrogen (secondary N) is 1. The van der Waals surface area contributed by atoms with Gasteiger partial charge >= 0.3 is 5.97 Å². The van der Waals surface area contributed by atoms with E-state index < -0.39 is 24.4 Å². The van der Waals surface area contributed by atoms with Gasteiger partial charge in [-0.15, -0.1) is 0 Å². The van der Waals surface area contributed by atoms with Crippen LogP contribution in [-0.4, -0.2) is 30.9 Å². The first kappa shape index (κ1) is 23.1. The zero-order chi connectivity index (χ0) is 22.5. The number of hydrogen-bond acceptors (Lipinski definition) is 4. The van der Waals surface area contributed by atoms with Crippen LogP contribution in [0.1, 0.15) is 31.4 Å². The number of amides is 2. The minimum absolute atomic E-state index is 0.0120. The summed E-state index contributed by atoms with van der Waals surface area (Å²) in [7, 11) is 0. The van der Waals surface area contributed by atoms with Gasteiger partial charge in [0.2, 0.25) is 5.91 Å². The molecule has 0 radical (unpaired) electrons. The molecule has 8 heteroatoms. The molecule has 6 nitrogen and oxygen atoms in total. The number of para-hydroxylation sites is 1. The first-order valence-corrected chi connectivity index (χ1v) is 10.9. The summed E-state index contributed by atoms with van der Waals surface area (Å²) in [5.41, 5.74) is 3.27. The van der Waals surface area contributed by atoms with Crippen molar-refractivity contribution in [2.24, 2.45) is 5.92 Å². The Bertz CT molecular complexity index is 987. The number of benzene rings is 2. The summed E-state index contributed by atoms with van der Waals surface area (Å²) in [5, 5.41) is 3.67. The first-order chi connectivity index (χ1) is 14.8. The third-order valence-corrected chi connectivity index (χ3v) is 5.82. The van der Waals surface area contributed by atoms with E-state index in [9.17, 15) is 14.4 Å². The average molecular weight is 463 g/mol. The number of halogens is 2. The van der Waals surface area contributed by atoms with E-state index in [1.165, 1.54) is 4.90 Å². The predicted molar refractivity (Wildman–Crippen MR) is 122 cm³/mol. The fourth-order valence-corrected chi connectivity index (χ4v) is 4.01. The highest BCUT2D eigenvalue weighted by molar-refractivity contribution is 6.35. The molecule has 0 unspecified atom stereocenters. The summed E-state index contributed by atoms with van der Waals surface area (Å²) < 4.78 is 5.20. The predicted octanol–water partition coefficient (Wildman–Crippen LogP) is 4.65. The lowest BCUT2D eigenvalue weighted by Crippen LogP contribution is -2.28. The maximum absolute atomic E-state index is 12.5. The van der Waals surface area contributed by atoms with Gasteiger partial charge in [0.25, 0.3) is 5.91 Å². The summed E-state index contributed by atoms with van der Waals surface area (Å²) in [6.45, 7) is 3.74. The molecule has 1 fully saturated rings. The van der Waals surface area contributed by atoms with E-state index in [4.69, 9.17) is 27.9 Å². The van der Waals surface area contributed by atoms with Crippen molar-refractivity contribution in [1.29, 1.82) is 0 Å². The first-order valence-electron chi connectivity index (χ1n) is 10.2. The lowest BCUT2D eigenvalue weighted by atomic mass is 10.0. The van der Waals surface area contributed by atoms with E-state index >= 15 is 0 Å². The van der Waals surface area contributed by atoms with Gasteiger partial charge in [0, 0.05) is 23.7 Å². The molecule has 1 aliphatic heterocycles. The lowest BCUT2D eigenvalue weighted by molar-refractivity contribution is -0.151. The van der Waals surface area contributed by atoms with Crippen molar-refractivity contribution >= 4 is 52.4 Å². The molecule has 3 rings (SSSR count). The van der Waals surface area contributed by atoms with E-state index in [0.717, 1.165) is 29.7 Å². The number of nitrogens with zero attached hydrogens (tertiary/aromatic N) is 1. The number of carbonyl (C=O) groups is 3. The van der Waals surface area contributed by atoms with Gasteiger partial charge < -0.3 is 15.0 Å². The summed E-state index contributed by atoms with van der Waals surface area (Å²) in [5.74, 6) is -1.93. The van der Waals surface area contributed by atoms with E-state index in [0.29, 0.717) is 15.7 Å². The molecule has 0 saturated carbocycles. The fourth-order valence-electron chi connectivity index (χ4n) is 3.62. The Kier molecular flexibility index (Phi) is 7.57. The van der Waals surface area contributed by atoms with Crippen molar-refractivity contribution in [3.63, 3.8) is 0 Å². The number of rotatable bonds is 7. The Morgan fingerprint density at radius 2 is 1.81 bits per heavy atom. The molecule has 1 aliphatic rings. The Labute approximate surface area is 191 Å². The highest BCUT2D eigenvalue weighted by atomic mass is 35.5. The Hall–Kier alpha value is -2.57. The van der Waals surface area contributed by atoms with Gasteiger partial charge in [0.15, 0.2) is 6.61 Å².